The van der Waals surface area contributed by atoms with Crippen LogP contribution in [0.3, 0.4) is 0 Å². The van der Waals surface area contributed by atoms with E-state index in [9.17, 15) is 0 Å². The van der Waals surface area contributed by atoms with E-state index in [1.165, 1.54) is 0 Å². The largest absolute Gasteiger partial charge is 0.493 e. The molecule has 1 aliphatic heterocycles. The second kappa shape index (κ2) is 8.07. The number of nitrogens with zero attached hydrogens (tertiary/aromatic N) is 1. The molecule has 0 radical (unpaired) electrons. The number of hydrogen-bond acceptors (Lipinski definition) is 7. The zero-order valence-corrected chi connectivity index (χ0v) is 15.2. The van der Waals surface area contributed by atoms with Crippen LogP contribution in [0, 0.1) is 0 Å². The van der Waals surface area contributed by atoms with E-state index in [1.807, 2.05) is 30.3 Å². The predicted octanol–water partition coefficient (Wildman–Crippen LogP) is 1.64. The van der Waals surface area contributed by atoms with Crippen molar-refractivity contribution in [2.75, 3.05) is 27.9 Å². The normalized spacial score (nSPS) is 20.0. The molecule has 0 saturated carbocycles. The number of hydrazone groups is 1. The number of ether oxygens (including phenoxy) is 3. The van der Waals surface area contributed by atoms with Gasteiger partial charge in [-0.25, -0.2) is 0 Å². The summed E-state index contributed by atoms with van der Waals surface area (Å²) in [5.41, 5.74) is 2.70. The van der Waals surface area contributed by atoms with Gasteiger partial charge in [0.05, 0.1) is 39.2 Å². The van der Waals surface area contributed by atoms with Crippen LogP contribution in [-0.2, 0) is 0 Å². The molecule has 2 atom stereocenters. The molecule has 4 N–H and O–H groups in total. The third-order valence-electron chi connectivity index (χ3n) is 4.46. The van der Waals surface area contributed by atoms with Crippen molar-refractivity contribution in [1.82, 2.24) is 10.6 Å². The minimum atomic E-state index is -0.0481. The Kier molecular flexibility index (Phi) is 5.60. The summed E-state index contributed by atoms with van der Waals surface area (Å²) < 4.78 is 16.2. The number of nitrogens with one attached hydrogen (secondary N) is 2. The van der Waals surface area contributed by atoms with E-state index in [4.69, 9.17) is 20.1 Å². The highest BCUT2D eigenvalue weighted by atomic mass is 16.5. The Balaban J connectivity index is 1.88. The van der Waals surface area contributed by atoms with Gasteiger partial charge in [0.2, 0.25) is 5.75 Å². The second-order valence-corrected chi connectivity index (χ2v) is 5.90. The molecule has 3 rings (SSSR count). The van der Waals surface area contributed by atoms with E-state index in [2.05, 4.69) is 27.9 Å². The summed E-state index contributed by atoms with van der Waals surface area (Å²) in [4.78, 5) is 0. The highest BCUT2D eigenvalue weighted by Crippen LogP contribution is 2.38. The van der Waals surface area contributed by atoms with Crippen LogP contribution in [0.15, 0.2) is 47.6 Å². The minimum Gasteiger partial charge on any atom is -0.493 e. The molecular weight excluding hydrogens is 332 g/mol. The summed E-state index contributed by atoms with van der Waals surface area (Å²) in [6.07, 6.45) is 0.0417. The summed E-state index contributed by atoms with van der Waals surface area (Å²) >= 11 is 0. The number of methoxy groups -OCH3 is 3. The Morgan fingerprint density at radius 3 is 2.23 bits per heavy atom. The Morgan fingerprint density at radius 2 is 1.69 bits per heavy atom. The van der Waals surface area contributed by atoms with Crippen LogP contribution < -0.4 is 30.7 Å². The lowest BCUT2D eigenvalue weighted by atomic mass is 10.0. The molecule has 2 unspecified atom stereocenters. The lowest BCUT2D eigenvalue weighted by Gasteiger charge is -2.18. The Hall–Kier alpha value is -2.77. The van der Waals surface area contributed by atoms with Gasteiger partial charge < -0.3 is 20.1 Å². The fourth-order valence-electron chi connectivity index (χ4n) is 3.18. The lowest BCUT2D eigenvalue weighted by molar-refractivity contribution is 0.324. The first-order chi connectivity index (χ1) is 12.7. The van der Waals surface area contributed by atoms with Gasteiger partial charge in [-0.05, 0) is 17.7 Å². The van der Waals surface area contributed by atoms with Crippen molar-refractivity contribution >= 4 is 5.71 Å². The van der Waals surface area contributed by atoms with Crippen LogP contribution in [0.5, 0.6) is 17.2 Å². The van der Waals surface area contributed by atoms with Gasteiger partial charge in [0.15, 0.2) is 11.5 Å². The highest BCUT2D eigenvalue weighted by molar-refractivity contribution is 6.05. The summed E-state index contributed by atoms with van der Waals surface area (Å²) in [6, 6.07) is 13.8. The lowest BCUT2D eigenvalue weighted by Crippen LogP contribution is -2.35. The summed E-state index contributed by atoms with van der Waals surface area (Å²) in [6.45, 7) is 0.701. The maximum absolute atomic E-state index is 5.73. The first kappa shape index (κ1) is 18.0. The molecule has 1 heterocycles. The zero-order valence-electron chi connectivity index (χ0n) is 15.2. The predicted molar refractivity (Wildman–Crippen MR) is 101 cm³/mol. The monoisotopic (exact) mass is 356 g/mol. The molecule has 2 aromatic rings. The smallest absolute Gasteiger partial charge is 0.203 e. The van der Waals surface area contributed by atoms with Crippen LogP contribution in [0.4, 0.5) is 0 Å². The molecule has 26 heavy (non-hydrogen) atoms. The van der Waals surface area contributed by atoms with Crippen molar-refractivity contribution in [1.29, 1.82) is 0 Å². The zero-order chi connectivity index (χ0) is 18.5. The van der Waals surface area contributed by atoms with E-state index in [0.717, 1.165) is 16.8 Å². The van der Waals surface area contributed by atoms with Gasteiger partial charge in [0.25, 0.3) is 0 Å². The summed E-state index contributed by atoms with van der Waals surface area (Å²) in [5.74, 6) is 7.39. The molecule has 0 amide bonds. The summed E-state index contributed by atoms with van der Waals surface area (Å²) in [7, 11) is 4.74. The van der Waals surface area contributed by atoms with Crippen LogP contribution >= 0.6 is 0 Å². The molecule has 7 heteroatoms. The van der Waals surface area contributed by atoms with Gasteiger partial charge in [-0.2, -0.15) is 5.10 Å². The molecule has 0 aromatic heterocycles. The third-order valence-corrected chi connectivity index (χ3v) is 4.46. The molecule has 2 aromatic carbocycles. The molecular formula is C19H24N4O3. The van der Waals surface area contributed by atoms with Crippen molar-refractivity contribution in [3.63, 3.8) is 0 Å². The fourth-order valence-corrected chi connectivity index (χ4v) is 3.18. The summed E-state index contributed by atoms with van der Waals surface area (Å²) in [5, 5.41) is 11.0. The van der Waals surface area contributed by atoms with Crippen molar-refractivity contribution in [2.45, 2.75) is 12.2 Å². The average molecular weight is 356 g/mol. The average Bonchev–Trinajstić information content (AvgIpc) is 3.18. The quantitative estimate of drug-likeness (QED) is 0.414. The number of benzene rings is 2. The molecule has 0 aliphatic carbocycles. The fraction of sp³-hybridized carbons (Fsp3) is 0.316. The number of hydrogen-bond donors (Lipinski definition) is 3. The Morgan fingerprint density at radius 1 is 1.04 bits per heavy atom. The van der Waals surface area contributed by atoms with Gasteiger partial charge in [-0.3, -0.25) is 10.6 Å². The molecule has 1 aliphatic rings. The van der Waals surface area contributed by atoms with E-state index >= 15 is 0 Å². The number of rotatable bonds is 6. The highest BCUT2D eigenvalue weighted by Gasteiger charge is 2.29. The van der Waals surface area contributed by atoms with Crippen molar-refractivity contribution < 1.29 is 14.2 Å². The Labute approximate surface area is 153 Å². The maximum atomic E-state index is 5.73. The van der Waals surface area contributed by atoms with E-state index < -0.39 is 0 Å². The van der Waals surface area contributed by atoms with Crippen molar-refractivity contribution in [3.8, 4) is 17.2 Å². The molecule has 1 saturated heterocycles. The van der Waals surface area contributed by atoms with E-state index in [-0.39, 0.29) is 12.2 Å². The van der Waals surface area contributed by atoms with Gasteiger partial charge in [-0.1, -0.05) is 30.3 Å². The topological polar surface area (TPSA) is 90.1 Å². The van der Waals surface area contributed by atoms with Gasteiger partial charge >= 0.3 is 0 Å². The standard InChI is InChI=1S/C19H24N4O3/c1-24-15-9-13(10-16(25-2)18(15)26-3)17(23-20)14-11-21-19(22-14)12-7-5-4-6-8-12/h4-10,14,19,21-22H,11,20H2,1-3H3/b23-17-. The SMILES string of the molecule is COc1cc(/C(=N/N)C2CNC(c3ccccc3)N2)cc(OC)c1OC. The van der Waals surface area contributed by atoms with Crippen LogP contribution in [0.1, 0.15) is 17.3 Å². The van der Waals surface area contributed by atoms with Crippen LogP contribution in [0.25, 0.3) is 0 Å². The number of nitrogens with two attached hydrogens (primary N) is 1. The molecule has 1 fully saturated rings. The minimum absolute atomic E-state index is 0.0417. The second-order valence-electron chi connectivity index (χ2n) is 5.90. The maximum Gasteiger partial charge on any atom is 0.203 e. The molecule has 7 nitrogen and oxygen atoms in total. The van der Waals surface area contributed by atoms with Crippen LogP contribution in [-0.4, -0.2) is 39.6 Å². The van der Waals surface area contributed by atoms with Gasteiger partial charge in [0.1, 0.15) is 0 Å². The van der Waals surface area contributed by atoms with E-state index in [1.54, 1.807) is 21.3 Å². The first-order valence-corrected chi connectivity index (χ1v) is 8.34. The van der Waals surface area contributed by atoms with Crippen molar-refractivity contribution in [2.24, 2.45) is 10.9 Å². The van der Waals surface area contributed by atoms with E-state index in [0.29, 0.717) is 23.8 Å². The van der Waals surface area contributed by atoms with Gasteiger partial charge in [-0.15, -0.1) is 0 Å². The van der Waals surface area contributed by atoms with Crippen molar-refractivity contribution in [3.05, 3.63) is 53.6 Å². The molecule has 138 valence electrons. The Bertz CT molecular complexity index is 755. The molecule has 0 bridgehead atoms. The van der Waals surface area contributed by atoms with Gasteiger partial charge in [0, 0.05) is 12.1 Å². The molecule has 0 spiro atoms. The first-order valence-electron chi connectivity index (χ1n) is 8.34. The third kappa shape index (κ3) is 3.44. The van der Waals surface area contributed by atoms with Crippen LogP contribution in [0.2, 0.25) is 0 Å².